The predicted molar refractivity (Wildman–Crippen MR) is 84.2 cm³/mol. The highest BCUT2D eigenvalue weighted by atomic mass is 16.6. The molecule has 120 valence electrons. The first kappa shape index (κ1) is 15.2. The molecule has 2 unspecified atom stereocenters. The SMILES string of the molecule is CC(NC(=O)CN1CCCCC1)C1COc2ccccc2O1. The molecule has 1 aromatic rings. The molecule has 0 radical (unpaired) electrons. The van der Waals surface area contributed by atoms with Gasteiger partial charge >= 0.3 is 0 Å². The zero-order chi connectivity index (χ0) is 15.4. The fourth-order valence-electron chi connectivity index (χ4n) is 3.00. The maximum atomic E-state index is 12.2. The van der Waals surface area contributed by atoms with E-state index in [1.165, 1.54) is 19.3 Å². The van der Waals surface area contributed by atoms with Crippen molar-refractivity contribution in [2.45, 2.75) is 38.3 Å². The number of nitrogens with one attached hydrogen (secondary N) is 1. The highest BCUT2D eigenvalue weighted by molar-refractivity contribution is 5.78. The van der Waals surface area contributed by atoms with E-state index in [4.69, 9.17) is 9.47 Å². The van der Waals surface area contributed by atoms with E-state index in [9.17, 15) is 4.79 Å². The number of fused-ring (bicyclic) bond motifs is 1. The van der Waals surface area contributed by atoms with Gasteiger partial charge in [0.05, 0.1) is 12.6 Å². The first-order chi connectivity index (χ1) is 10.7. The van der Waals surface area contributed by atoms with E-state index in [1.54, 1.807) is 0 Å². The van der Waals surface area contributed by atoms with E-state index in [2.05, 4.69) is 10.2 Å². The van der Waals surface area contributed by atoms with E-state index in [0.29, 0.717) is 13.2 Å². The zero-order valence-corrected chi connectivity index (χ0v) is 13.1. The van der Waals surface area contributed by atoms with Crippen LogP contribution in [0.4, 0.5) is 0 Å². The number of likely N-dealkylation sites (tertiary alicyclic amines) is 1. The second-order valence-corrected chi connectivity index (χ2v) is 6.11. The number of para-hydroxylation sites is 2. The average Bonchev–Trinajstić information content (AvgIpc) is 2.55. The summed E-state index contributed by atoms with van der Waals surface area (Å²) in [7, 11) is 0. The lowest BCUT2D eigenvalue weighted by atomic mass is 10.1. The van der Waals surface area contributed by atoms with Crippen LogP contribution in [0.1, 0.15) is 26.2 Å². The molecule has 0 spiro atoms. The molecule has 1 N–H and O–H groups in total. The van der Waals surface area contributed by atoms with E-state index < -0.39 is 0 Å². The van der Waals surface area contributed by atoms with Crippen LogP contribution in [-0.2, 0) is 4.79 Å². The van der Waals surface area contributed by atoms with Crippen LogP contribution in [0.3, 0.4) is 0 Å². The Kier molecular flexibility index (Phi) is 4.83. The molecule has 2 aliphatic heterocycles. The molecule has 2 atom stereocenters. The van der Waals surface area contributed by atoms with Crippen LogP contribution in [0.2, 0.25) is 0 Å². The third-order valence-corrected chi connectivity index (χ3v) is 4.29. The van der Waals surface area contributed by atoms with Gasteiger partial charge in [-0.3, -0.25) is 9.69 Å². The second-order valence-electron chi connectivity index (χ2n) is 6.11. The minimum absolute atomic E-state index is 0.0665. The molecule has 0 bridgehead atoms. The Morgan fingerprint density at radius 2 is 2.00 bits per heavy atom. The highest BCUT2D eigenvalue weighted by Crippen LogP contribution is 2.31. The number of carbonyl (C=O) groups excluding carboxylic acids is 1. The number of ether oxygens (including phenoxy) is 2. The van der Waals surface area contributed by atoms with Crippen molar-refractivity contribution in [3.05, 3.63) is 24.3 Å². The number of piperidine rings is 1. The van der Waals surface area contributed by atoms with Gasteiger partial charge in [-0.05, 0) is 45.0 Å². The molecule has 22 heavy (non-hydrogen) atoms. The molecule has 1 fully saturated rings. The number of benzene rings is 1. The quantitative estimate of drug-likeness (QED) is 0.922. The van der Waals surface area contributed by atoms with Crippen LogP contribution >= 0.6 is 0 Å². The molecular formula is C17H24N2O3. The fraction of sp³-hybridized carbons (Fsp3) is 0.588. The summed E-state index contributed by atoms with van der Waals surface area (Å²) in [6, 6.07) is 7.55. The molecule has 2 aliphatic rings. The summed E-state index contributed by atoms with van der Waals surface area (Å²) < 4.78 is 11.6. The first-order valence-electron chi connectivity index (χ1n) is 8.12. The minimum Gasteiger partial charge on any atom is -0.486 e. The van der Waals surface area contributed by atoms with Crippen molar-refractivity contribution in [2.75, 3.05) is 26.2 Å². The molecule has 3 rings (SSSR count). The Hall–Kier alpha value is -1.75. The van der Waals surface area contributed by atoms with E-state index in [0.717, 1.165) is 24.6 Å². The summed E-state index contributed by atoms with van der Waals surface area (Å²) >= 11 is 0. The largest absolute Gasteiger partial charge is 0.486 e. The van der Waals surface area contributed by atoms with E-state index in [1.807, 2.05) is 31.2 Å². The van der Waals surface area contributed by atoms with Crippen molar-refractivity contribution in [2.24, 2.45) is 0 Å². The Balaban J connectivity index is 1.49. The van der Waals surface area contributed by atoms with Crippen molar-refractivity contribution >= 4 is 5.91 Å². The van der Waals surface area contributed by atoms with Crippen LogP contribution < -0.4 is 14.8 Å². The lowest BCUT2D eigenvalue weighted by Gasteiger charge is -2.31. The smallest absolute Gasteiger partial charge is 0.234 e. The zero-order valence-electron chi connectivity index (χ0n) is 13.1. The number of nitrogens with zero attached hydrogens (tertiary/aromatic N) is 1. The maximum absolute atomic E-state index is 12.2. The van der Waals surface area contributed by atoms with Gasteiger partial charge in [-0.2, -0.15) is 0 Å². The van der Waals surface area contributed by atoms with Gasteiger partial charge in [-0.25, -0.2) is 0 Å². The number of amides is 1. The fourth-order valence-corrected chi connectivity index (χ4v) is 3.00. The van der Waals surface area contributed by atoms with Crippen molar-refractivity contribution in [3.63, 3.8) is 0 Å². The summed E-state index contributed by atoms with van der Waals surface area (Å²) in [5, 5.41) is 3.04. The van der Waals surface area contributed by atoms with Crippen molar-refractivity contribution in [1.29, 1.82) is 0 Å². The van der Waals surface area contributed by atoms with E-state index in [-0.39, 0.29) is 18.1 Å². The molecule has 5 heteroatoms. The molecule has 1 amide bonds. The minimum atomic E-state index is -0.153. The number of hydrogen-bond acceptors (Lipinski definition) is 4. The second kappa shape index (κ2) is 7.01. The lowest BCUT2D eigenvalue weighted by Crippen LogP contribution is -2.50. The maximum Gasteiger partial charge on any atom is 0.234 e. The Bertz CT molecular complexity index is 514. The lowest BCUT2D eigenvalue weighted by molar-refractivity contribution is -0.124. The summed E-state index contributed by atoms with van der Waals surface area (Å²) in [6.07, 6.45) is 3.51. The molecule has 0 aliphatic carbocycles. The number of hydrogen-bond donors (Lipinski definition) is 1. The van der Waals surface area contributed by atoms with Crippen LogP contribution in [0.15, 0.2) is 24.3 Å². The van der Waals surface area contributed by atoms with Gasteiger partial charge in [0.1, 0.15) is 6.61 Å². The van der Waals surface area contributed by atoms with Crippen LogP contribution in [-0.4, -0.2) is 49.2 Å². The summed E-state index contributed by atoms with van der Waals surface area (Å²) in [6.45, 7) is 4.96. The summed E-state index contributed by atoms with van der Waals surface area (Å²) in [5.41, 5.74) is 0. The number of rotatable bonds is 4. The molecular weight excluding hydrogens is 280 g/mol. The van der Waals surface area contributed by atoms with Gasteiger partial charge in [0, 0.05) is 0 Å². The van der Waals surface area contributed by atoms with Crippen LogP contribution in [0, 0.1) is 0 Å². The molecule has 0 saturated carbocycles. The van der Waals surface area contributed by atoms with Gasteiger partial charge in [-0.15, -0.1) is 0 Å². The average molecular weight is 304 g/mol. The normalized spacial score (nSPS) is 22.9. The Morgan fingerprint density at radius 1 is 1.27 bits per heavy atom. The van der Waals surface area contributed by atoms with E-state index >= 15 is 0 Å². The molecule has 1 saturated heterocycles. The highest BCUT2D eigenvalue weighted by Gasteiger charge is 2.27. The summed E-state index contributed by atoms with van der Waals surface area (Å²) in [5.74, 6) is 1.58. The van der Waals surface area contributed by atoms with Gasteiger partial charge in [0.2, 0.25) is 5.91 Å². The Labute approximate surface area is 131 Å². The first-order valence-corrected chi connectivity index (χ1v) is 8.12. The van der Waals surface area contributed by atoms with Crippen molar-refractivity contribution < 1.29 is 14.3 Å². The Morgan fingerprint density at radius 3 is 2.77 bits per heavy atom. The predicted octanol–water partition coefficient (Wildman–Crippen LogP) is 1.82. The molecule has 2 heterocycles. The van der Waals surface area contributed by atoms with Crippen molar-refractivity contribution in [3.8, 4) is 11.5 Å². The van der Waals surface area contributed by atoms with Crippen LogP contribution in [0.25, 0.3) is 0 Å². The van der Waals surface area contributed by atoms with Crippen LogP contribution in [0.5, 0.6) is 11.5 Å². The molecule has 5 nitrogen and oxygen atoms in total. The topological polar surface area (TPSA) is 50.8 Å². The van der Waals surface area contributed by atoms with Gasteiger partial charge in [0.15, 0.2) is 17.6 Å². The molecule has 1 aromatic carbocycles. The van der Waals surface area contributed by atoms with Crippen molar-refractivity contribution in [1.82, 2.24) is 10.2 Å². The molecule has 0 aromatic heterocycles. The third-order valence-electron chi connectivity index (χ3n) is 4.29. The third kappa shape index (κ3) is 3.71. The van der Waals surface area contributed by atoms with Gasteiger partial charge in [0.25, 0.3) is 0 Å². The monoisotopic (exact) mass is 304 g/mol. The van der Waals surface area contributed by atoms with Gasteiger partial charge in [-0.1, -0.05) is 18.6 Å². The summed E-state index contributed by atoms with van der Waals surface area (Å²) in [4.78, 5) is 14.4. The standard InChI is InChI=1S/C17H24N2O3/c1-13(18-17(20)11-19-9-5-2-6-10-19)16-12-21-14-7-3-4-8-15(14)22-16/h3-4,7-8,13,16H,2,5-6,9-12H2,1H3,(H,18,20). The van der Waals surface area contributed by atoms with Gasteiger partial charge < -0.3 is 14.8 Å². The number of carbonyl (C=O) groups is 1.